The Kier molecular flexibility index (Phi) is 3.15. The van der Waals surface area contributed by atoms with Gasteiger partial charge in [-0.25, -0.2) is 9.97 Å². The first-order chi connectivity index (χ1) is 8.83. The first kappa shape index (κ1) is 11.5. The van der Waals surface area contributed by atoms with E-state index in [1.54, 1.807) is 0 Å². The number of rotatable bonds is 1. The van der Waals surface area contributed by atoms with Crippen LogP contribution in [0.4, 0.5) is 0 Å². The molecule has 2 heterocycles. The van der Waals surface area contributed by atoms with Gasteiger partial charge >= 0.3 is 0 Å². The minimum atomic E-state index is 0.684. The van der Waals surface area contributed by atoms with Crippen molar-refractivity contribution in [1.82, 2.24) is 9.97 Å². The van der Waals surface area contributed by atoms with Gasteiger partial charge < -0.3 is 9.47 Å². The second kappa shape index (κ2) is 4.94. The average molecular weight is 307 g/mol. The van der Waals surface area contributed by atoms with E-state index in [0.29, 0.717) is 13.2 Å². The number of fused-ring (bicyclic) bond motifs is 1. The summed E-state index contributed by atoms with van der Waals surface area (Å²) < 4.78 is 12.0. The van der Waals surface area contributed by atoms with Gasteiger partial charge in [-0.05, 0) is 40.2 Å². The molecule has 0 amide bonds. The topological polar surface area (TPSA) is 44.2 Å². The highest BCUT2D eigenvalue weighted by Gasteiger charge is 2.12. The molecule has 92 valence electrons. The molecule has 0 radical (unpaired) electrons. The minimum absolute atomic E-state index is 0.684. The lowest BCUT2D eigenvalue weighted by Gasteiger charge is -2.09. The van der Waals surface area contributed by atoms with Crippen LogP contribution in [0.3, 0.4) is 0 Å². The number of hydrogen-bond donors (Lipinski definition) is 0. The van der Waals surface area contributed by atoms with Gasteiger partial charge in [0.05, 0.1) is 18.9 Å². The van der Waals surface area contributed by atoms with Crippen LogP contribution in [0.5, 0.6) is 11.5 Å². The highest BCUT2D eigenvalue weighted by molar-refractivity contribution is 9.10. The maximum atomic E-state index is 5.66. The lowest BCUT2D eigenvalue weighted by molar-refractivity contribution is 0.297. The molecule has 1 aliphatic heterocycles. The van der Waals surface area contributed by atoms with E-state index in [1.807, 2.05) is 24.3 Å². The van der Waals surface area contributed by atoms with Crippen molar-refractivity contribution in [3.8, 4) is 22.8 Å². The summed E-state index contributed by atoms with van der Waals surface area (Å²) in [6.07, 6.45) is 2.44. The van der Waals surface area contributed by atoms with E-state index < -0.39 is 0 Å². The van der Waals surface area contributed by atoms with Gasteiger partial charge in [-0.2, -0.15) is 0 Å². The molecule has 18 heavy (non-hydrogen) atoms. The smallest absolute Gasteiger partial charge is 0.161 e. The molecule has 0 spiro atoms. The van der Waals surface area contributed by atoms with Gasteiger partial charge in [-0.3, -0.25) is 0 Å². The van der Waals surface area contributed by atoms with Crippen LogP contribution in [-0.4, -0.2) is 23.2 Å². The highest BCUT2D eigenvalue weighted by Crippen LogP contribution is 2.33. The van der Waals surface area contributed by atoms with Crippen LogP contribution in [0.15, 0.2) is 35.2 Å². The molecule has 0 saturated heterocycles. The number of nitrogens with zero attached hydrogens (tertiary/aromatic N) is 2. The van der Waals surface area contributed by atoms with Crippen LogP contribution in [0.2, 0.25) is 0 Å². The summed E-state index contributed by atoms with van der Waals surface area (Å²) in [6.45, 7) is 1.38. The monoisotopic (exact) mass is 306 g/mol. The number of benzene rings is 1. The molecule has 0 bridgehead atoms. The molecule has 0 fully saturated rings. The molecular formula is C13H11BrN2O2. The van der Waals surface area contributed by atoms with E-state index in [1.165, 1.54) is 6.33 Å². The van der Waals surface area contributed by atoms with Crippen molar-refractivity contribution in [2.24, 2.45) is 0 Å². The largest absolute Gasteiger partial charge is 0.490 e. The van der Waals surface area contributed by atoms with E-state index >= 15 is 0 Å². The average Bonchev–Trinajstić information content (AvgIpc) is 2.63. The molecule has 0 saturated carbocycles. The third-order valence-electron chi connectivity index (χ3n) is 2.68. The summed E-state index contributed by atoms with van der Waals surface area (Å²) in [5, 5.41) is 0. The van der Waals surface area contributed by atoms with Gasteiger partial charge in [0, 0.05) is 12.0 Å². The maximum absolute atomic E-state index is 5.66. The first-order valence-corrected chi connectivity index (χ1v) is 6.50. The van der Waals surface area contributed by atoms with Crippen LogP contribution in [-0.2, 0) is 0 Å². The summed E-state index contributed by atoms with van der Waals surface area (Å²) in [5.74, 6) is 1.57. The van der Waals surface area contributed by atoms with Gasteiger partial charge in [-0.1, -0.05) is 0 Å². The summed E-state index contributed by atoms with van der Waals surface area (Å²) in [6, 6.07) is 7.73. The lowest BCUT2D eigenvalue weighted by atomic mass is 10.1. The van der Waals surface area contributed by atoms with Crippen LogP contribution in [0.25, 0.3) is 11.3 Å². The Morgan fingerprint density at radius 1 is 1.00 bits per heavy atom. The molecule has 4 nitrogen and oxygen atoms in total. The van der Waals surface area contributed by atoms with Gasteiger partial charge in [-0.15, -0.1) is 0 Å². The van der Waals surface area contributed by atoms with Gasteiger partial charge in [0.15, 0.2) is 11.5 Å². The Bertz CT molecular complexity index is 575. The molecule has 0 aliphatic carbocycles. The normalized spacial score (nSPS) is 14.1. The Hall–Kier alpha value is -1.62. The minimum Gasteiger partial charge on any atom is -0.490 e. The highest BCUT2D eigenvalue weighted by atomic mass is 79.9. The molecular weight excluding hydrogens is 296 g/mol. The maximum Gasteiger partial charge on any atom is 0.161 e. The first-order valence-electron chi connectivity index (χ1n) is 5.70. The van der Waals surface area contributed by atoms with Crippen molar-refractivity contribution in [1.29, 1.82) is 0 Å². The van der Waals surface area contributed by atoms with Crippen molar-refractivity contribution in [3.63, 3.8) is 0 Å². The van der Waals surface area contributed by atoms with E-state index in [0.717, 1.165) is 33.8 Å². The SMILES string of the molecule is Brc1cc(-c2ccc3c(c2)OCCCO3)ncn1. The summed E-state index contributed by atoms with van der Waals surface area (Å²) in [5.41, 5.74) is 1.84. The standard InChI is InChI=1S/C13H11BrN2O2/c14-13-7-10(15-8-16-13)9-2-3-11-12(6-9)18-5-1-4-17-11/h2-3,6-8H,1,4-5H2. The molecule has 0 N–H and O–H groups in total. The molecule has 1 aromatic heterocycles. The zero-order valence-corrected chi connectivity index (χ0v) is 11.2. The number of halogens is 1. The molecule has 1 aromatic carbocycles. The molecule has 2 aromatic rings. The number of ether oxygens (including phenoxy) is 2. The lowest BCUT2D eigenvalue weighted by Crippen LogP contribution is -1.97. The Morgan fingerprint density at radius 2 is 1.83 bits per heavy atom. The van der Waals surface area contributed by atoms with Crippen LogP contribution >= 0.6 is 15.9 Å². The summed E-state index contributed by atoms with van der Waals surface area (Å²) >= 11 is 3.34. The zero-order chi connectivity index (χ0) is 12.4. The van der Waals surface area contributed by atoms with Gasteiger partial charge in [0.25, 0.3) is 0 Å². The number of hydrogen-bond acceptors (Lipinski definition) is 4. The van der Waals surface area contributed by atoms with Crippen molar-refractivity contribution >= 4 is 15.9 Å². The molecule has 0 atom stereocenters. The van der Waals surface area contributed by atoms with Crippen molar-refractivity contribution in [2.45, 2.75) is 6.42 Å². The molecule has 3 rings (SSSR count). The predicted molar refractivity (Wildman–Crippen MR) is 70.8 cm³/mol. The van der Waals surface area contributed by atoms with Crippen LogP contribution < -0.4 is 9.47 Å². The zero-order valence-electron chi connectivity index (χ0n) is 9.60. The van der Waals surface area contributed by atoms with Crippen molar-refractivity contribution in [2.75, 3.05) is 13.2 Å². The molecule has 0 unspecified atom stereocenters. The molecule has 5 heteroatoms. The van der Waals surface area contributed by atoms with E-state index in [4.69, 9.17) is 9.47 Å². The fourth-order valence-corrected chi connectivity index (χ4v) is 2.12. The van der Waals surface area contributed by atoms with E-state index in [-0.39, 0.29) is 0 Å². The number of aromatic nitrogens is 2. The van der Waals surface area contributed by atoms with Crippen molar-refractivity contribution < 1.29 is 9.47 Å². The quantitative estimate of drug-likeness (QED) is 0.760. The Morgan fingerprint density at radius 3 is 2.67 bits per heavy atom. The Labute approximate surface area is 113 Å². The van der Waals surface area contributed by atoms with Gasteiger partial charge in [0.1, 0.15) is 10.9 Å². The van der Waals surface area contributed by atoms with Crippen molar-refractivity contribution in [3.05, 3.63) is 35.2 Å². The van der Waals surface area contributed by atoms with Gasteiger partial charge in [0.2, 0.25) is 0 Å². The molecule has 1 aliphatic rings. The van der Waals surface area contributed by atoms with Crippen LogP contribution in [0, 0.1) is 0 Å². The third-order valence-corrected chi connectivity index (χ3v) is 3.11. The van der Waals surface area contributed by atoms with Crippen LogP contribution in [0.1, 0.15) is 6.42 Å². The van der Waals surface area contributed by atoms with E-state index in [2.05, 4.69) is 25.9 Å². The fraction of sp³-hybridized carbons (Fsp3) is 0.231. The third kappa shape index (κ3) is 2.31. The second-order valence-corrected chi connectivity index (χ2v) is 4.75. The fourth-order valence-electron chi connectivity index (χ4n) is 1.81. The predicted octanol–water partition coefficient (Wildman–Crippen LogP) is 3.07. The summed E-state index contributed by atoms with van der Waals surface area (Å²) in [7, 11) is 0. The second-order valence-electron chi connectivity index (χ2n) is 3.94. The summed E-state index contributed by atoms with van der Waals surface area (Å²) in [4.78, 5) is 8.26. The van der Waals surface area contributed by atoms with E-state index in [9.17, 15) is 0 Å². The Balaban J connectivity index is 2.01.